The van der Waals surface area contributed by atoms with Crippen LogP contribution >= 0.6 is 11.3 Å². The molecule has 4 N–H and O–H groups in total. The largest absolute Gasteiger partial charge is 0.476 e. The summed E-state index contributed by atoms with van der Waals surface area (Å²) in [5.74, 6) is -2.35. The van der Waals surface area contributed by atoms with Crippen LogP contribution in [0.15, 0.2) is 34.7 Å². The van der Waals surface area contributed by atoms with Gasteiger partial charge in [0, 0.05) is 23.4 Å². The van der Waals surface area contributed by atoms with E-state index in [1.54, 1.807) is 16.1 Å². The summed E-state index contributed by atoms with van der Waals surface area (Å²) in [7, 11) is 1.29. The van der Waals surface area contributed by atoms with Gasteiger partial charge >= 0.3 is 5.97 Å². The number of allylic oxidation sites excluding steroid dienone is 1. The van der Waals surface area contributed by atoms with Crippen molar-refractivity contribution in [3.05, 3.63) is 46.4 Å². The van der Waals surface area contributed by atoms with E-state index in [0.29, 0.717) is 18.5 Å². The van der Waals surface area contributed by atoms with Gasteiger partial charge in [0.15, 0.2) is 28.9 Å². The summed E-state index contributed by atoms with van der Waals surface area (Å²) in [6.07, 6.45) is 4.56. The van der Waals surface area contributed by atoms with E-state index < -0.39 is 29.9 Å². The zero-order valence-electron chi connectivity index (χ0n) is 18.2. The Morgan fingerprint density at radius 3 is 2.76 bits per heavy atom. The molecule has 2 aliphatic heterocycles. The molecule has 0 aliphatic carbocycles. The van der Waals surface area contributed by atoms with E-state index in [2.05, 4.69) is 15.5 Å². The number of hydrogen-bond acceptors (Lipinski definition) is 8. The van der Waals surface area contributed by atoms with Gasteiger partial charge < -0.3 is 21.0 Å². The number of amides is 2. The maximum Gasteiger partial charge on any atom is 0.359 e. The van der Waals surface area contributed by atoms with E-state index in [1.807, 2.05) is 26.1 Å². The minimum absolute atomic E-state index is 0.0759. The second-order valence-corrected chi connectivity index (χ2v) is 8.67. The van der Waals surface area contributed by atoms with E-state index in [4.69, 9.17) is 10.6 Å². The number of hydrogen-bond donors (Lipinski definition) is 3. The molecular formula is C21H23N6O5S+. The monoisotopic (exact) mass is 471 g/mol. The number of carbonyl (C=O) groups is 3. The van der Waals surface area contributed by atoms with E-state index in [1.165, 1.54) is 12.0 Å². The van der Waals surface area contributed by atoms with Crippen LogP contribution in [0.25, 0.3) is 5.70 Å². The van der Waals surface area contributed by atoms with E-state index in [0.717, 1.165) is 22.5 Å². The summed E-state index contributed by atoms with van der Waals surface area (Å²) in [4.78, 5) is 48.0. The van der Waals surface area contributed by atoms with Crippen LogP contribution in [-0.2, 0) is 19.2 Å². The van der Waals surface area contributed by atoms with Crippen LogP contribution in [0.4, 0.5) is 5.13 Å². The van der Waals surface area contributed by atoms with Gasteiger partial charge in [-0.05, 0) is 25.8 Å². The molecule has 2 aromatic rings. The van der Waals surface area contributed by atoms with Gasteiger partial charge in [0.2, 0.25) is 5.70 Å². The molecule has 0 saturated carbocycles. The van der Waals surface area contributed by atoms with Crippen LogP contribution < -0.4 is 15.6 Å². The van der Waals surface area contributed by atoms with Crippen molar-refractivity contribution in [2.45, 2.75) is 38.8 Å². The number of aliphatic carboxylic acids is 1. The number of carboxylic acids is 1. The Hall–Kier alpha value is -3.80. The number of carboxylic acid groups (broad SMARTS) is 1. The van der Waals surface area contributed by atoms with Crippen molar-refractivity contribution in [3.63, 3.8) is 0 Å². The predicted molar refractivity (Wildman–Crippen MR) is 119 cm³/mol. The van der Waals surface area contributed by atoms with Gasteiger partial charge in [0.1, 0.15) is 18.8 Å². The number of fused-ring (bicyclic) bond motifs is 1. The number of carbonyl (C=O) groups excluding carboxylic acids is 2. The standard InChI is InChI=1S/C21H22N6O5S/c1-10-6-7-26(8-11(10)2)14-5-4-13-16(19(29)27(13)17(14)20(30)31)24-18(28)15(25-32-3)12-9-33-21(22)23-12/h6-9,13,16H,4-5H2,1-3H3,(H3-,22,23,24,28,30,31)/p+1/t13?,16-/m0/s1. The average molecular weight is 472 g/mol. The molecule has 0 aromatic carbocycles. The molecule has 2 aliphatic rings. The SMILES string of the molecule is CON=C(C(=O)N[C@@H]1C(=O)N2C(C(=O)O)=C([n+]3ccc(C)c(C)c3)CCC12)c1csc(N)n1. The Morgan fingerprint density at radius 1 is 1.39 bits per heavy atom. The Balaban J connectivity index is 1.59. The molecule has 4 heterocycles. The van der Waals surface area contributed by atoms with Crippen LogP contribution in [0, 0.1) is 13.8 Å². The number of pyridine rings is 1. The molecule has 0 spiro atoms. The lowest BCUT2D eigenvalue weighted by Crippen LogP contribution is -2.72. The first kappa shape index (κ1) is 22.4. The van der Waals surface area contributed by atoms with E-state index >= 15 is 0 Å². The number of thiazole rings is 1. The van der Waals surface area contributed by atoms with Gasteiger partial charge in [0.25, 0.3) is 11.8 Å². The maximum absolute atomic E-state index is 13.0. The third-order valence-corrected chi connectivity index (χ3v) is 6.49. The number of aromatic nitrogens is 2. The minimum atomic E-state index is -1.20. The molecule has 2 atom stereocenters. The molecule has 12 heteroatoms. The van der Waals surface area contributed by atoms with Gasteiger partial charge in [-0.3, -0.25) is 14.5 Å². The summed E-state index contributed by atoms with van der Waals surface area (Å²) >= 11 is 1.14. The predicted octanol–water partition coefficient (Wildman–Crippen LogP) is 0.423. The fourth-order valence-corrected chi connectivity index (χ4v) is 4.59. The van der Waals surface area contributed by atoms with Crippen LogP contribution in [0.5, 0.6) is 0 Å². The molecule has 1 unspecified atom stereocenters. The molecule has 2 aromatic heterocycles. The topological polar surface area (TPSA) is 151 Å². The number of β-lactam (4-membered cyclic amide) rings is 1. The molecule has 1 saturated heterocycles. The first-order chi connectivity index (χ1) is 15.7. The molecule has 11 nitrogen and oxygen atoms in total. The van der Waals surface area contributed by atoms with Crippen molar-refractivity contribution >= 4 is 45.7 Å². The quantitative estimate of drug-likeness (QED) is 0.239. The first-order valence-electron chi connectivity index (χ1n) is 10.1. The van der Waals surface area contributed by atoms with Crippen molar-refractivity contribution in [3.8, 4) is 0 Å². The summed E-state index contributed by atoms with van der Waals surface area (Å²) < 4.78 is 1.75. The number of nitrogen functional groups attached to an aromatic ring is 1. The third-order valence-electron chi connectivity index (χ3n) is 5.81. The number of nitrogens with zero attached hydrogens (tertiary/aromatic N) is 4. The number of nitrogens with two attached hydrogens (primary N) is 1. The Morgan fingerprint density at radius 2 is 2.15 bits per heavy atom. The Bertz CT molecular complexity index is 1220. The second-order valence-electron chi connectivity index (χ2n) is 7.78. The summed E-state index contributed by atoms with van der Waals surface area (Å²) in [6.45, 7) is 3.91. The fraction of sp³-hybridized carbons (Fsp3) is 0.333. The highest BCUT2D eigenvalue weighted by Crippen LogP contribution is 2.37. The summed E-state index contributed by atoms with van der Waals surface area (Å²) in [6, 6.07) is 0.542. The van der Waals surface area contributed by atoms with Gasteiger partial charge in [-0.1, -0.05) is 5.16 Å². The zero-order valence-corrected chi connectivity index (χ0v) is 19.0. The smallest absolute Gasteiger partial charge is 0.359 e. The van der Waals surface area contributed by atoms with Crippen LogP contribution in [0.2, 0.25) is 0 Å². The van der Waals surface area contributed by atoms with Gasteiger partial charge in [-0.2, -0.15) is 4.57 Å². The fourth-order valence-electron chi connectivity index (χ4n) is 4.04. The average Bonchev–Trinajstić information content (AvgIpc) is 3.22. The van der Waals surface area contributed by atoms with Crippen molar-refractivity contribution in [1.82, 2.24) is 15.2 Å². The van der Waals surface area contributed by atoms with E-state index in [-0.39, 0.29) is 22.2 Å². The zero-order chi connectivity index (χ0) is 23.9. The number of anilines is 1. The minimum Gasteiger partial charge on any atom is -0.476 e. The molecule has 2 amide bonds. The van der Waals surface area contributed by atoms with Gasteiger partial charge in [-0.15, -0.1) is 11.3 Å². The number of aryl methyl sites for hydroxylation is 2. The van der Waals surface area contributed by atoms with Gasteiger partial charge in [-0.25, -0.2) is 9.78 Å². The van der Waals surface area contributed by atoms with Crippen LogP contribution in [0.3, 0.4) is 0 Å². The molecule has 1 fully saturated rings. The van der Waals surface area contributed by atoms with Crippen LogP contribution in [0.1, 0.15) is 29.7 Å². The highest BCUT2D eigenvalue weighted by Gasteiger charge is 2.55. The number of nitrogens with one attached hydrogen (secondary N) is 1. The summed E-state index contributed by atoms with van der Waals surface area (Å²) in [5, 5.41) is 18.1. The number of rotatable bonds is 6. The van der Waals surface area contributed by atoms with Gasteiger partial charge in [0.05, 0.1) is 6.04 Å². The normalized spacial score (nSPS) is 20.3. The van der Waals surface area contributed by atoms with Crippen molar-refractivity contribution in [1.29, 1.82) is 0 Å². The lowest BCUT2D eigenvalue weighted by atomic mass is 9.85. The van der Waals surface area contributed by atoms with Crippen LogP contribution in [-0.4, -0.2) is 57.7 Å². The molecule has 0 bridgehead atoms. The van der Waals surface area contributed by atoms with Crippen molar-refractivity contribution in [2.75, 3.05) is 12.8 Å². The van der Waals surface area contributed by atoms with E-state index in [9.17, 15) is 19.5 Å². The molecule has 0 radical (unpaired) electrons. The van der Waals surface area contributed by atoms with Crippen molar-refractivity contribution < 1.29 is 28.9 Å². The molecule has 33 heavy (non-hydrogen) atoms. The lowest BCUT2D eigenvalue weighted by Gasteiger charge is -2.48. The Kier molecular flexibility index (Phi) is 5.85. The maximum atomic E-state index is 13.0. The molecule has 4 rings (SSSR count). The highest BCUT2D eigenvalue weighted by molar-refractivity contribution is 7.13. The number of oxime groups is 1. The summed E-state index contributed by atoms with van der Waals surface area (Å²) in [5.41, 5.74) is 8.28. The second kappa shape index (κ2) is 8.62. The highest BCUT2D eigenvalue weighted by atomic mass is 32.1. The molecular weight excluding hydrogens is 448 g/mol. The van der Waals surface area contributed by atoms with Crippen molar-refractivity contribution in [2.24, 2.45) is 5.16 Å². The Labute approximate surface area is 193 Å². The lowest BCUT2D eigenvalue weighted by molar-refractivity contribution is -0.585. The molecule has 172 valence electrons. The third kappa shape index (κ3) is 3.93. The first-order valence-corrected chi connectivity index (χ1v) is 11.0.